The minimum Gasteiger partial charge on any atom is -0.870 e. The van der Waals surface area contributed by atoms with Gasteiger partial charge in [0, 0.05) is 14.1 Å². The number of esters is 3. The van der Waals surface area contributed by atoms with E-state index in [9.17, 15) is 47.9 Å². The molecule has 138 heavy (non-hydrogen) atoms. The first-order chi connectivity index (χ1) is 65.1. The average Bonchev–Trinajstić information content (AvgIpc) is 1.58. The Morgan fingerprint density at radius 3 is 1.18 bits per heavy atom. The van der Waals surface area contributed by atoms with E-state index >= 15 is 0 Å². The Bertz CT molecular complexity index is 5980. The number of carboxylic acids is 2. The molecule has 16 N–H and O–H groups in total. The van der Waals surface area contributed by atoms with Gasteiger partial charge in [0.1, 0.15) is 54.3 Å². The molecule has 0 radical (unpaired) electrons. The molecular weight excluding hydrogens is 1790 g/mol. The standard InChI is InChI=1S/C22H21N5O3.C14H17N3O3.C14H15N3O2.C12H11N3O2.C10H12N2O2.C10H12N2O.C10H10O2.C6H11NO3.ClH.Li.H2O/c1-27-16-9-5-6-10-17(16)30-13-15(20(27)29)23-19(28)18-24-21(26-25-18)22(11-12-22)14-7-3-2-4-8-14;1-2-20-12(18)11(15)16-17-13(19)14(8-9-14)10-6-4-3-5-7-10;1-2-19-12(18)11-15-13(17-16-11)14(8-9-14)10-6-4-3-5-7-10;16-10(17)9-13-11(15-14-9)12(6-7-12)8-4-2-1-3-5-8;1-12-8-4-2-3-5-9(8)14-6-7(11)10(12)13;11-12-9(13)10(6-7-10)8-4-2-1-3-5-8;11-9(12)10(6-7-10)8-4-2-1-3-5-8;1-3-9-5(7)6(8)10-4-2;;;/h2-10,15H,11-13H2,1H3,(H,23,28)(H,24,25,26);3-7H,2,8-9H2,1H3,(H2,15,16)(H,17,19);3-7H,2,8-9H2,1H3,(H,15,16,17);1-5H,6-7H2,(H,16,17)(H,13,14,15);2-5,7H,6,11H2,1H3;1-5H,6-7,11H2,(H,12,13);1-5H,6-7H2,(H,11,12);7H,3-4H2,1-2H3;1H;;1H2/q;;;;;;;;;+1;/p-1/t15-;;;;7-;;;;;;/m0...0....../s1. The molecule has 8 aliphatic rings. The number of anilines is 2. The van der Waals surface area contributed by atoms with E-state index in [1.165, 1.54) is 15.4 Å². The van der Waals surface area contributed by atoms with Gasteiger partial charge in [-0.3, -0.25) is 54.9 Å². The van der Waals surface area contributed by atoms with Gasteiger partial charge in [0.05, 0.1) is 70.3 Å². The van der Waals surface area contributed by atoms with E-state index in [-0.39, 0.29) is 132 Å². The molecule has 0 unspecified atom stereocenters. The normalized spacial score (nSPS) is 16.9. The van der Waals surface area contributed by atoms with Crippen molar-refractivity contribution in [2.24, 2.45) is 22.4 Å². The number of halogens is 1. The van der Waals surface area contributed by atoms with Crippen LogP contribution in [0.2, 0.25) is 0 Å². The second-order valence-corrected chi connectivity index (χ2v) is 32.6. The number of hydrogen-bond donors (Lipinski definition) is 12. The third kappa shape index (κ3) is 25.7. The quantitative estimate of drug-likeness (QED) is 0.00501. The maximum Gasteiger partial charge on any atom is 1.00 e. The minimum absolute atomic E-state index is 0. The summed E-state index contributed by atoms with van der Waals surface area (Å²) >= 11 is 0. The van der Waals surface area contributed by atoms with Gasteiger partial charge in [-0.2, -0.15) is 0 Å². The molecule has 8 aromatic carbocycles. The van der Waals surface area contributed by atoms with E-state index in [4.69, 9.17) is 47.1 Å². The van der Waals surface area contributed by atoms with Crippen LogP contribution in [-0.2, 0) is 85.0 Å². The second kappa shape index (κ2) is 48.6. The number of likely N-dealkylation sites (N-methyl/N-ethyl adjacent to an activating group) is 2. The van der Waals surface area contributed by atoms with Crippen LogP contribution in [0.4, 0.5) is 11.4 Å². The van der Waals surface area contributed by atoms with Crippen LogP contribution in [0.1, 0.15) is 187 Å². The summed E-state index contributed by atoms with van der Waals surface area (Å²) in [6, 6.07) is 72.2. The molecule has 0 saturated heterocycles. The van der Waals surface area contributed by atoms with Gasteiger partial charge < -0.3 is 70.7 Å². The number of aromatic nitrogens is 9. The number of amides is 5. The van der Waals surface area contributed by atoms with Crippen molar-refractivity contribution in [1.82, 2.24) is 61.7 Å². The molecule has 2 atom stereocenters. The van der Waals surface area contributed by atoms with Crippen LogP contribution in [-0.4, -0.2) is 198 Å². The third-order valence-electron chi connectivity index (χ3n) is 23.9. The number of carbonyl (C=O) groups excluding carboxylic acids is 8. The summed E-state index contributed by atoms with van der Waals surface area (Å²) in [4.78, 5) is 132. The first kappa shape index (κ1) is 107. The number of carboxylic acid groups (broad SMARTS) is 2. The minimum atomic E-state index is -1.10. The molecule has 5 amide bonds. The van der Waals surface area contributed by atoms with Crippen LogP contribution in [0, 0.1) is 5.41 Å². The molecule has 6 fully saturated rings. The zero-order chi connectivity index (χ0) is 96.5. The molecule has 0 spiro atoms. The monoisotopic (exact) mass is 1900 g/mol. The Balaban J connectivity index is 0.000000180. The topological polar surface area (TPSA) is 578 Å². The smallest absolute Gasteiger partial charge is 0.870 e. The number of aromatic amines is 3. The van der Waals surface area contributed by atoms with Crippen LogP contribution >= 0.6 is 12.4 Å². The number of nitrogens with one attached hydrogen (secondary N) is 7. The molecule has 3 aromatic heterocycles. The molecule has 38 nitrogen and oxygen atoms in total. The summed E-state index contributed by atoms with van der Waals surface area (Å²) in [5.41, 5.74) is 21.7. The van der Waals surface area contributed by atoms with Gasteiger partial charge in [-0.25, -0.2) is 45.4 Å². The van der Waals surface area contributed by atoms with Crippen LogP contribution < -0.4 is 71.6 Å². The van der Waals surface area contributed by atoms with E-state index in [0.717, 1.165) is 116 Å². The van der Waals surface area contributed by atoms with Gasteiger partial charge in [0.2, 0.25) is 23.5 Å². The Morgan fingerprint density at radius 1 is 0.464 bits per heavy atom. The Morgan fingerprint density at radius 2 is 0.804 bits per heavy atom. The molecular formula is C98H111ClLiN19O19. The van der Waals surface area contributed by atoms with Crippen molar-refractivity contribution < 1.29 is 111 Å². The number of carbonyl (C=O) groups is 10. The molecule has 11 aromatic rings. The largest absolute Gasteiger partial charge is 1.00 e. The van der Waals surface area contributed by atoms with E-state index in [2.05, 4.69) is 105 Å². The molecule has 40 heteroatoms. The van der Waals surface area contributed by atoms with Crippen molar-refractivity contribution in [3.05, 3.63) is 299 Å². The summed E-state index contributed by atoms with van der Waals surface area (Å²) in [7, 11) is 3.37. The Kier molecular flexibility index (Phi) is 37.6. The number of amidine groups is 1. The SMILES string of the molecule is CCOC(=N)C(=O)OCC.CCOC(=O)/C(N)=N\NC(=O)C1(c2ccccc2)CC1.CCOC(=O)c1n[nH]c(C2(c3ccccc3)CC2)n1.CN1C(=O)[C@@H](N)COc2ccccc21.CN1C(=O)[C@@H](NC(=O)c2n[nH]c(C3(c4ccccc4)CC3)n2)COc2ccccc21.Cl.NNC(=O)C1(c2ccccc2)CC1.O=C(O)C1(c2ccccc2)CC1.O=C(O)c1n[nH]c(C2(c3ccccc3)CC2)n1.[Li+].[OH-]. The number of hydrazone groups is 1. The number of aliphatic carboxylic acids is 1. The van der Waals surface area contributed by atoms with Gasteiger partial charge in [0.25, 0.3) is 35.3 Å². The number of fused-ring (bicyclic) bond motifs is 2. The fraction of sp³-hybridized carbons (Fsp3) is 0.327. The van der Waals surface area contributed by atoms with E-state index < -0.39 is 64.6 Å². The number of rotatable bonds is 21. The summed E-state index contributed by atoms with van der Waals surface area (Å²) in [5, 5.41) is 51.3. The number of hydrogen-bond acceptors (Lipinski definition) is 27. The van der Waals surface area contributed by atoms with Crippen molar-refractivity contribution in [1.29, 1.82) is 5.41 Å². The van der Waals surface area contributed by atoms with Gasteiger partial charge >= 0.3 is 48.7 Å². The molecule has 19 rings (SSSR count). The zero-order valence-corrected chi connectivity index (χ0v) is 78.2. The number of hydrazine groups is 1. The summed E-state index contributed by atoms with van der Waals surface area (Å²) in [6.45, 7) is 8.20. The maximum atomic E-state index is 12.8. The summed E-state index contributed by atoms with van der Waals surface area (Å²) in [6.07, 6.45) is 10.8. The van der Waals surface area contributed by atoms with Crippen molar-refractivity contribution >= 4 is 94.9 Å². The predicted molar refractivity (Wildman–Crippen MR) is 505 cm³/mol. The second-order valence-electron chi connectivity index (χ2n) is 32.6. The average molecular weight is 1900 g/mol. The van der Waals surface area contributed by atoms with Crippen molar-refractivity contribution in [2.75, 3.05) is 63.5 Å². The van der Waals surface area contributed by atoms with Gasteiger partial charge in [-0.15, -0.1) is 32.8 Å². The number of nitrogens with zero attached hydrogens (tertiary/aromatic N) is 9. The van der Waals surface area contributed by atoms with E-state index in [0.29, 0.717) is 42.0 Å². The van der Waals surface area contributed by atoms with Crippen LogP contribution in [0.3, 0.4) is 0 Å². The number of para-hydroxylation sites is 4. The first-order valence-corrected chi connectivity index (χ1v) is 44.1. The van der Waals surface area contributed by atoms with E-state index in [1.54, 1.807) is 53.9 Å². The number of H-pyrrole nitrogens is 3. The molecule has 2 aliphatic heterocycles. The number of nitrogens with two attached hydrogens (primary N) is 3. The van der Waals surface area contributed by atoms with Crippen molar-refractivity contribution in [3.63, 3.8) is 0 Å². The fourth-order valence-electron chi connectivity index (χ4n) is 15.4. The molecule has 5 heterocycles. The number of benzene rings is 8. The Hall–Kier alpha value is -14.8. The van der Waals surface area contributed by atoms with Gasteiger partial charge in [0.15, 0.2) is 0 Å². The molecule has 6 aliphatic carbocycles. The molecule has 0 bridgehead atoms. The van der Waals surface area contributed by atoms with Crippen LogP contribution in [0.5, 0.6) is 11.5 Å². The predicted octanol–water partition coefficient (Wildman–Crippen LogP) is 7.04. The molecule has 720 valence electrons. The van der Waals surface area contributed by atoms with Crippen LogP contribution in [0.25, 0.3) is 0 Å². The van der Waals surface area contributed by atoms with Gasteiger partial charge in [-0.05, 0) is 162 Å². The van der Waals surface area contributed by atoms with E-state index in [1.807, 2.05) is 194 Å². The summed E-state index contributed by atoms with van der Waals surface area (Å²) < 4.78 is 29.8. The first-order valence-electron chi connectivity index (χ1n) is 44.1. The summed E-state index contributed by atoms with van der Waals surface area (Å²) in [5.74, 6) is 2.78. The Labute approximate surface area is 813 Å². The zero-order valence-electron chi connectivity index (χ0n) is 77.4. The van der Waals surface area contributed by atoms with Crippen LogP contribution in [0.15, 0.2) is 236 Å². The molecule has 6 saturated carbocycles. The number of ether oxygens (including phenoxy) is 6. The van der Waals surface area contributed by atoms with Crippen molar-refractivity contribution in [2.45, 2.75) is 149 Å². The van der Waals surface area contributed by atoms with Gasteiger partial charge in [-0.1, -0.05) is 206 Å². The fourth-order valence-corrected chi connectivity index (χ4v) is 15.4. The number of aromatic carboxylic acids is 1. The maximum absolute atomic E-state index is 12.8. The third-order valence-corrected chi connectivity index (χ3v) is 23.9. The van der Waals surface area contributed by atoms with Crippen molar-refractivity contribution in [3.8, 4) is 11.5 Å².